The number of rotatable bonds is 7. The minimum absolute atomic E-state index is 0.0107. The van der Waals surface area contributed by atoms with Gasteiger partial charge < -0.3 is 5.32 Å². The van der Waals surface area contributed by atoms with E-state index in [2.05, 4.69) is 40.0 Å². The monoisotopic (exact) mass is 376 g/mol. The van der Waals surface area contributed by atoms with Gasteiger partial charge >= 0.3 is 6.03 Å². The summed E-state index contributed by atoms with van der Waals surface area (Å²) in [6.45, 7) is 8.08. The first-order valence-electron chi connectivity index (χ1n) is 8.52. The molecular formula is C17H24N6O2S. The van der Waals surface area contributed by atoms with Gasteiger partial charge in [-0.05, 0) is 47.4 Å². The number of nitrogens with zero attached hydrogens (tertiary/aromatic N) is 4. The normalized spacial score (nSPS) is 12.0. The predicted octanol–water partition coefficient (Wildman–Crippen LogP) is 2.50. The summed E-state index contributed by atoms with van der Waals surface area (Å²) in [4.78, 5) is 23.6. The highest BCUT2D eigenvalue weighted by Crippen LogP contribution is 2.20. The van der Waals surface area contributed by atoms with E-state index in [0.717, 1.165) is 12.1 Å². The zero-order valence-electron chi connectivity index (χ0n) is 15.4. The maximum Gasteiger partial charge on any atom is 0.321 e. The Bertz CT molecular complexity index is 744. The molecule has 3 amide bonds. The van der Waals surface area contributed by atoms with Gasteiger partial charge in [-0.3, -0.25) is 10.1 Å². The molecule has 9 heteroatoms. The van der Waals surface area contributed by atoms with Crippen molar-refractivity contribution in [2.75, 3.05) is 5.75 Å². The molecule has 26 heavy (non-hydrogen) atoms. The van der Waals surface area contributed by atoms with Gasteiger partial charge in [0.1, 0.15) is 0 Å². The van der Waals surface area contributed by atoms with Crippen LogP contribution in [0.4, 0.5) is 4.79 Å². The van der Waals surface area contributed by atoms with E-state index < -0.39 is 11.9 Å². The number of thioether (sulfide) groups is 1. The summed E-state index contributed by atoms with van der Waals surface area (Å²) in [6.07, 6.45) is 0.792. The molecule has 0 aliphatic rings. The van der Waals surface area contributed by atoms with Crippen LogP contribution >= 0.6 is 11.8 Å². The van der Waals surface area contributed by atoms with E-state index in [1.54, 1.807) is 4.68 Å². The Balaban J connectivity index is 1.94. The van der Waals surface area contributed by atoms with Gasteiger partial charge in [0.25, 0.3) is 0 Å². The molecule has 0 fully saturated rings. The van der Waals surface area contributed by atoms with Crippen LogP contribution in [0, 0.1) is 0 Å². The van der Waals surface area contributed by atoms with E-state index in [9.17, 15) is 9.59 Å². The molecule has 1 heterocycles. The van der Waals surface area contributed by atoms with Crippen molar-refractivity contribution < 1.29 is 9.59 Å². The third-order valence-electron chi connectivity index (χ3n) is 3.82. The summed E-state index contributed by atoms with van der Waals surface area (Å²) >= 11 is 1.17. The largest absolute Gasteiger partial charge is 0.335 e. The second-order valence-electron chi connectivity index (χ2n) is 6.24. The molecule has 1 aromatic heterocycles. The summed E-state index contributed by atoms with van der Waals surface area (Å²) in [6, 6.07) is 7.46. The Morgan fingerprint density at radius 3 is 2.50 bits per heavy atom. The number of nitrogens with one attached hydrogen (secondary N) is 2. The van der Waals surface area contributed by atoms with Gasteiger partial charge in [-0.1, -0.05) is 44.7 Å². The lowest BCUT2D eigenvalue weighted by Gasteiger charge is -2.11. The lowest BCUT2D eigenvalue weighted by molar-refractivity contribution is -0.117. The fraction of sp³-hybridized carbons (Fsp3) is 0.471. The number of carbonyl (C=O) groups is 2. The molecule has 2 rings (SSSR count). The lowest BCUT2D eigenvalue weighted by Crippen LogP contribution is -2.43. The van der Waals surface area contributed by atoms with Crippen molar-refractivity contribution in [1.29, 1.82) is 0 Å². The van der Waals surface area contributed by atoms with Crippen molar-refractivity contribution in [3.05, 3.63) is 29.8 Å². The highest BCUT2D eigenvalue weighted by molar-refractivity contribution is 7.99. The maximum atomic E-state index is 11.9. The molecule has 0 aliphatic heterocycles. The van der Waals surface area contributed by atoms with Crippen molar-refractivity contribution in [2.24, 2.45) is 0 Å². The fourth-order valence-corrected chi connectivity index (χ4v) is 2.78. The van der Waals surface area contributed by atoms with E-state index in [0.29, 0.717) is 11.1 Å². The second kappa shape index (κ2) is 9.33. The molecule has 140 valence electrons. The van der Waals surface area contributed by atoms with Crippen LogP contribution in [-0.4, -0.2) is 43.9 Å². The van der Waals surface area contributed by atoms with Crippen LogP contribution < -0.4 is 10.6 Å². The van der Waals surface area contributed by atoms with Crippen LogP contribution in [0.2, 0.25) is 0 Å². The number of aromatic nitrogens is 4. The molecule has 1 aromatic carbocycles. The standard InChI is InChI=1S/C17H24N6O2S/c1-5-12(4)18-16(25)19-15(24)10-26-17-20-21-22-23(17)14-8-6-13(7-9-14)11(2)3/h6-9,11-12H,5,10H2,1-4H3,(H2,18,19,24,25)/t12-/m1/s1. The first-order chi connectivity index (χ1) is 12.4. The van der Waals surface area contributed by atoms with Gasteiger partial charge in [-0.25, -0.2) is 4.79 Å². The number of hydrogen-bond acceptors (Lipinski definition) is 6. The minimum atomic E-state index is -0.492. The molecule has 2 aromatic rings. The Labute approximate surface area is 157 Å². The SMILES string of the molecule is CC[C@@H](C)NC(=O)NC(=O)CSc1nnnn1-c1ccc(C(C)C)cc1. The number of hydrogen-bond donors (Lipinski definition) is 2. The second-order valence-corrected chi connectivity index (χ2v) is 7.18. The number of benzene rings is 1. The summed E-state index contributed by atoms with van der Waals surface area (Å²) in [5.41, 5.74) is 2.04. The van der Waals surface area contributed by atoms with Gasteiger partial charge in [0, 0.05) is 6.04 Å². The van der Waals surface area contributed by atoms with Crippen LogP contribution in [0.25, 0.3) is 5.69 Å². The highest BCUT2D eigenvalue weighted by Gasteiger charge is 2.14. The Morgan fingerprint density at radius 2 is 1.88 bits per heavy atom. The molecule has 0 saturated carbocycles. The number of amides is 3. The smallest absolute Gasteiger partial charge is 0.321 e. The van der Waals surface area contributed by atoms with Crippen molar-refractivity contribution >= 4 is 23.7 Å². The van der Waals surface area contributed by atoms with Gasteiger partial charge in [0.2, 0.25) is 11.1 Å². The van der Waals surface area contributed by atoms with Crippen molar-refractivity contribution in [3.63, 3.8) is 0 Å². The summed E-state index contributed by atoms with van der Waals surface area (Å²) in [5, 5.41) is 17.1. The van der Waals surface area contributed by atoms with Crippen LogP contribution in [-0.2, 0) is 4.79 Å². The topological polar surface area (TPSA) is 102 Å². The Morgan fingerprint density at radius 1 is 1.19 bits per heavy atom. The molecule has 2 N–H and O–H groups in total. The molecule has 0 spiro atoms. The van der Waals surface area contributed by atoms with Crippen molar-refractivity contribution in [3.8, 4) is 5.69 Å². The van der Waals surface area contributed by atoms with Gasteiger partial charge in [-0.2, -0.15) is 4.68 Å². The van der Waals surface area contributed by atoms with Crippen LogP contribution in [0.5, 0.6) is 0 Å². The third kappa shape index (κ3) is 5.55. The van der Waals surface area contributed by atoms with Gasteiger partial charge in [0.15, 0.2) is 0 Å². The molecule has 8 nitrogen and oxygen atoms in total. The molecule has 0 bridgehead atoms. The molecule has 0 radical (unpaired) electrons. The van der Waals surface area contributed by atoms with Crippen molar-refractivity contribution in [1.82, 2.24) is 30.8 Å². The zero-order valence-corrected chi connectivity index (χ0v) is 16.2. The molecule has 1 atom stereocenters. The van der Waals surface area contributed by atoms with Crippen LogP contribution in [0.3, 0.4) is 0 Å². The first-order valence-corrected chi connectivity index (χ1v) is 9.51. The highest BCUT2D eigenvalue weighted by atomic mass is 32.2. The minimum Gasteiger partial charge on any atom is -0.335 e. The molecular weight excluding hydrogens is 352 g/mol. The molecule has 0 saturated heterocycles. The van der Waals surface area contributed by atoms with Crippen LogP contribution in [0.1, 0.15) is 45.6 Å². The Kier molecular flexibility index (Phi) is 7.14. The van der Waals surface area contributed by atoms with E-state index in [1.165, 1.54) is 17.3 Å². The van der Waals surface area contributed by atoms with E-state index in [4.69, 9.17) is 0 Å². The third-order valence-corrected chi connectivity index (χ3v) is 4.74. The number of tetrazole rings is 1. The number of imide groups is 1. The van der Waals surface area contributed by atoms with Gasteiger partial charge in [0.05, 0.1) is 11.4 Å². The summed E-state index contributed by atoms with van der Waals surface area (Å²) in [7, 11) is 0. The number of carbonyl (C=O) groups excluding carboxylic acids is 2. The quantitative estimate of drug-likeness (QED) is 0.720. The molecule has 0 aliphatic carbocycles. The Hall–Kier alpha value is -2.42. The van der Waals surface area contributed by atoms with E-state index >= 15 is 0 Å². The van der Waals surface area contributed by atoms with Crippen molar-refractivity contribution in [2.45, 2.75) is 51.2 Å². The lowest BCUT2D eigenvalue weighted by atomic mass is 10.0. The van der Waals surface area contributed by atoms with E-state index in [-0.39, 0.29) is 11.8 Å². The van der Waals surface area contributed by atoms with E-state index in [1.807, 2.05) is 38.1 Å². The summed E-state index contributed by atoms with van der Waals surface area (Å²) < 4.78 is 1.57. The first kappa shape index (κ1) is 19.9. The fourth-order valence-electron chi connectivity index (χ4n) is 2.09. The maximum absolute atomic E-state index is 11.9. The van der Waals surface area contributed by atoms with Crippen LogP contribution in [0.15, 0.2) is 29.4 Å². The number of urea groups is 1. The molecule has 0 unspecified atom stereocenters. The summed E-state index contributed by atoms with van der Waals surface area (Å²) in [5.74, 6) is 0.0794. The van der Waals surface area contributed by atoms with Gasteiger partial charge in [-0.15, -0.1) is 5.10 Å². The average Bonchev–Trinajstić information content (AvgIpc) is 3.08. The average molecular weight is 376 g/mol. The zero-order chi connectivity index (χ0) is 19.1. The predicted molar refractivity (Wildman–Crippen MR) is 100 cm³/mol.